The number of carbonyl (C=O) groups is 2. The van der Waals surface area contributed by atoms with Gasteiger partial charge >= 0.3 is 0 Å². The Morgan fingerprint density at radius 3 is 2.12 bits per heavy atom. The zero-order chi connectivity index (χ0) is 23.0. The lowest BCUT2D eigenvalue weighted by molar-refractivity contribution is -0.133. The minimum Gasteiger partial charge on any atom is -0.484 e. The maximum Gasteiger partial charge on any atom is 0.279 e. The van der Waals surface area contributed by atoms with Crippen LogP contribution in [-0.2, 0) is 9.59 Å². The van der Waals surface area contributed by atoms with Crippen molar-refractivity contribution < 1.29 is 19.1 Å². The van der Waals surface area contributed by atoms with Crippen molar-refractivity contribution in [3.8, 4) is 22.6 Å². The van der Waals surface area contributed by atoms with Gasteiger partial charge in [-0.25, -0.2) is 0 Å². The maximum atomic E-state index is 12.3. The number of hydrazine groups is 1. The molecule has 166 valence electrons. The van der Waals surface area contributed by atoms with Crippen molar-refractivity contribution in [1.29, 1.82) is 0 Å². The zero-order valence-electron chi connectivity index (χ0n) is 18.2. The van der Waals surface area contributed by atoms with Gasteiger partial charge in [-0.05, 0) is 53.1 Å². The number of fused-ring (bicyclic) bond motifs is 1. The van der Waals surface area contributed by atoms with Crippen molar-refractivity contribution in [3.05, 3.63) is 97.1 Å². The molecule has 0 saturated carbocycles. The quantitative estimate of drug-likeness (QED) is 0.415. The third-order valence-electron chi connectivity index (χ3n) is 5.06. The maximum absolute atomic E-state index is 12.3. The van der Waals surface area contributed by atoms with Crippen molar-refractivity contribution in [2.24, 2.45) is 0 Å². The Bertz CT molecular complexity index is 1240. The van der Waals surface area contributed by atoms with Crippen molar-refractivity contribution in [3.63, 3.8) is 0 Å². The van der Waals surface area contributed by atoms with Gasteiger partial charge in [0.2, 0.25) is 0 Å². The molecule has 2 N–H and O–H groups in total. The van der Waals surface area contributed by atoms with Crippen LogP contribution in [0.15, 0.2) is 97.1 Å². The molecule has 0 aliphatic carbocycles. The zero-order valence-corrected chi connectivity index (χ0v) is 18.2. The molecule has 0 aliphatic rings. The topological polar surface area (TPSA) is 76.7 Å². The summed E-state index contributed by atoms with van der Waals surface area (Å²) in [5.74, 6) is 0.186. The Hall–Kier alpha value is -4.32. The van der Waals surface area contributed by atoms with Gasteiger partial charge in [0.15, 0.2) is 12.7 Å². The van der Waals surface area contributed by atoms with Crippen molar-refractivity contribution in [2.75, 3.05) is 6.61 Å². The van der Waals surface area contributed by atoms with Crippen LogP contribution in [0.1, 0.15) is 6.92 Å². The minimum absolute atomic E-state index is 0.231. The van der Waals surface area contributed by atoms with Gasteiger partial charge in [-0.2, -0.15) is 0 Å². The summed E-state index contributed by atoms with van der Waals surface area (Å²) in [4.78, 5) is 24.3. The molecule has 1 unspecified atom stereocenters. The number of amides is 2. The third-order valence-corrected chi connectivity index (χ3v) is 5.06. The summed E-state index contributed by atoms with van der Waals surface area (Å²) in [6.45, 7) is 1.38. The number of ether oxygens (including phenoxy) is 2. The summed E-state index contributed by atoms with van der Waals surface area (Å²) in [5.41, 5.74) is 6.86. The second-order valence-electron chi connectivity index (χ2n) is 7.49. The highest BCUT2D eigenvalue weighted by molar-refractivity contribution is 5.86. The Kier molecular flexibility index (Phi) is 6.85. The average molecular weight is 440 g/mol. The molecule has 6 nitrogen and oxygen atoms in total. The van der Waals surface area contributed by atoms with E-state index < -0.39 is 17.9 Å². The Morgan fingerprint density at radius 2 is 1.36 bits per heavy atom. The molecule has 0 radical (unpaired) electrons. The van der Waals surface area contributed by atoms with Gasteiger partial charge in [0.1, 0.15) is 11.5 Å². The molecule has 4 rings (SSSR count). The molecule has 0 fully saturated rings. The summed E-state index contributed by atoms with van der Waals surface area (Å²) in [6.07, 6.45) is -0.794. The van der Waals surface area contributed by atoms with Crippen LogP contribution in [-0.4, -0.2) is 24.5 Å². The van der Waals surface area contributed by atoms with Crippen LogP contribution in [0.3, 0.4) is 0 Å². The minimum atomic E-state index is -0.794. The molecule has 0 saturated heterocycles. The lowest BCUT2D eigenvalue weighted by Gasteiger charge is -2.15. The fourth-order valence-corrected chi connectivity index (χ4v) is 3.29. The standard InChI is InChI=1S/C27H24N2O4/c1-19(33-25-16-13-21-9-5-6-10-23(21)17-25)27(31)29-28-26(30)18-32-24-14-11-22(12-15-24)20-7-3-2-4-8-20/h2-17,19H,18H2,1H3,(H,28,30)(H,29,31). The molecule has 0 spiro atoms. The number of benzene rings is 4. The molecule has 33 heavy (non-hydrogen) atoms. The van der Waals surface area contributed by atoms with Gasteiger partial charge < -0.3 is 9.47 Å². The van der Waals surface area contributed by atoms with Crippen LogP contribution in [0, 0.1) is 0 Å². The van der Waals surface area contributed by atoms with Gasteiger partial charge in [0.05, 0.1) is 0 Å². The average Bonchev–Trinajstić information content (AvgIpc) is 2.86. The lowest BCUT2D eigenvalue weighted by atomic mass is 10.1. The van der Waals surface area contributed by atoms with E-state index in [9.17, 15) is 9.59 Å². The molecule has 2 amide bonds. The van der Waals surface area contributed by atoms with Gasteiger partial charge in [0.25, 0.3) is 11.8 Å². The van der Waals surface area contributed by atoms with Crippen LogP contribution in [0.5, 0.6) is 11.5 Å². The first-order valence-electron chi connectivity index (χ1n) is 10.6. The second kappa shape index (κ2) is 10.3. The summed E-state index contributed by atoms with van der Waals surface area (Å²) < 4.78 is 11.2. The van der Waals surface area contributed by atoms with Crippen LogP contribution < -0.4 is 20.3 Å². The summed E-state index contributed by atoms with van der Waals surface area (Å²) >= 11 is 0. The second-order valence-corrected chi connectivity index (χ2v) is 7.49. The van der Waals surface area contributed by atoms with E-state index in [1.165, 1.54) is 0 Å². The van der Waals surface area contributed by atoms with Crippen molar-refractivity contribution >= 4 is 22.6 Å². The summed E-state index contributed by atoms with van der Waals surface area (Å²) in [6, 6.07) is 30.9. The van der Waals surface area contributed by atoms with E-state index in [-0.39, 0.29) is 6.61 Å². The van der Waals surface area contributed by atoms with Gasteiger partial charge in [0, 0.05) is 0 Å². The summed E-state index contributed by atoms with van der Waals surface area (Å²) in [7, 11) is 0. The first-order valence-corrected chi connectivity index (χ1v) is 10.6. The molecule has 4 aromatic rings. The van der Waals surface area contributed by atoms with E-state index in [0.717, 1.165) is 21.9 Å². The highest BCUT2D eigenvalue weighted by Gasteiger charge is 2.16. The monoisotopic (exact) mass is 440 g/mol. The van der Waals surface area contributed by atoms with Crippen molar-refractivity contribution in [1.82, 2.24) is 10.9 Å². The summed E-state index contributed by atoms with van der Waals surface area (Å²) in [5, 5.41) is 2.11. The lowest BCUT2D eigenvalue weighted by Crippen LogP contribution is -2.48. The van der Waals surface area contributed by atoms with Gasteiger partial charge in [-0.3, -0.25) is 20.4 Å². The Labute approximate surface area is 192 Å². The predicted octanol–water partition coefficient (Wildman–Crippen LogP) is 4.50. The molecule has 0 bridgehead atoms. The number of rotatable bonds is 7. The SMILES string of the molecule is CC(Oc1ccc2ccccc2c1)C(=O)NNC(=O)COc1ccc(-c2ccccc2)cc1. The fraction of sp³-hybridized carbons (Fsp3) is 0.111. The molecular formula is C27H24N2O4. The predicted molar refractivity (Wildman–Crippen MR) is 128 cm³/mol. The largest absolute Gasteiger partial charge is 0.484 e. The van der Waals surface area contributed by atoms with E-state index in [4.69, 9.17) is 9.47 Å². The first-order chi connectivity index (χ1) is 16.1. The molecule has 0 aliphatic heterocycles. The van der Waals surface area contributed by atoms with E-state index >= 15 is 0 Å². The van der Waals surface area contributed by atoms with E-state index in [1.54, 1.807) is 19.1 Å². The van der Waals surface area contributed by atoms with Gasteiger partial charge in [-0.15, -0.1) is 0 Å². The first kappa shape index (κ1) is 21.9. The van der Waals surface area contributed by atoms with Crippen LogP contribution in [0.2, 0.25) is 0 Å². The molecular weight excluding hydrogens is 416 g/mol. The van der Waals surface area contributed by atoms with E-state index in [0.29, 0.717) is 11.5 Å². The highest BCUT2D eigenvalue weighted by atomic mass is 16.5. The highest BCUT2D eigenvalue weighted by Crippen LogP contribution is 2.22. The number of hydrogen-bond acceptors (Lipinski definition) is 4. The van der Waals surface area contributed by atoms with E-state index in [2.05, 4.69) is 10.9 Å². The van der Waals surface area contributed by atoms with Crippen LogP contribution >= 0.6 is 0 Å². The smallest absolute Gasteiger partial charge is 0.279 e. The third kappa shape index (κ3) is 5.89. The molecule has 1 atom stereocenters. The van der Waals surface area contributed by atoms with Crippen LogP contribution in [0.25, 0.3) is 21.9 Å². The Morgan fingerprint density at radius 1 is 0.727 bits per heavy atom. The molecule has 0 aromatic heterocycles. The number of carbonyl (C=O) groups excluding carboxylic acids is 2. The number of nitrogens with one attached hydrogen (secondary N) is 2. The molecule has 4 aromatic carbocycles. The van der Waals surface area contributed by atoms with Gasteiger partial charge in [-0.1, -0.05) is 72.8 Å². The van der Waals surface area contributed by atoms with E-state index in [1.807, 2.05) is 84.9 Å². The van der Waals surface area contributed by atoms with Crippen LogP contribution in [0.4, 0.5) is 0 Å². The fourth-order valence-electron chi connectivity index (χ4n) is 3.29. The molecule has 0 heterocycles. The number of hydrogen-bond donors (Lipinski definition) is 2. The Balaban J connectivity index is 1.22. The normalized spacial score (nSPS) is 11.4. The van der Waals surface area contributed by atoms with Crippen molar-refractivity contribution in [2.45, 2.75) is 13.0 Å². The molecule has 6 heteroatoms.